The van der Waals surface area contributed by atoms with Crippen LogP contribution in [0, 0.1) is 0 Å². The molecule has 0 saturated heterocycles. The summed E-state index contributed by atoms with van der Waals surface area (Å²) >= 11 is 0. The van der Waals surface area contributed by atoms with Gasteiger partial charge in [0.1, 0.15) is 0 Å². The van der Waals surface area contributed by atoms with Crippen LogP contribution in [-0.2, 0) is 4.79 Å². The number of rotatable bonds is 3. The fourth-order valence-corrected chi connectivity index (χ4v) is 1.04. The van der Waals surface area contributed by atoms with Gasteiger partial charge in [0.15, 0.2) is 0 Å². The summed E-state index contributed by atoms with van der Waals surface area (Å²) in [6.07, 6.45) is 2.57. The lowest BCUT2D eigenvalue weighted by Gasteiger charge is -2.01. The van der Waals surface area contributed by atoms with Crippen LogP contribution in [0.3, 0.4) is 0 Å². The molecule has 0 aliphatic rings. The first-order valence-corrected chi connectivity index (χ1v) is 4.11. The molecule has 0 heterocycles. The number of carbonyl (C=O) groups excluding carboxylic acids is 1. The van der Waals surface area contributed by atoms with Gasteiger partial charge in [-0.2, -0.15) is 0 Å². The van der Waals surface area contributed by atoms with Gasteiger partial charge in [-0.3, -0.25) is 4.79 Å². The number of primary amides is 1. The third kappa shape index (κ3) is 2.84. The molecule has 0 aliphatic heterocycles. The Morgan fingerprint density at radius 1 is 1.33 bits per heavy atom. The lowest BCUT2D eigenvalue weighted by atomic mass is 10.1. The number of aromatic carboxylic acids is 1. The molecule has 0 atom stereocenters. The number of nitrogen functional groups attached to an aromatic ring is 1. The molecule has 1 amide bonds. The quantitative estimate of drug-likeness (QED) is 0.493. The van der Waals surface area contributed by atoms with E-state index in [-0.39, 0.29) is 11.3 Å². The van der Waals surface area contributed by atoms with Crippen molar-refractivity contribution in [3.63, 3.8) is 0 Å². The van der Waals surface area contributed by atoms with Crippen molar-refractivity contribution < 1.29 is 14.7 Å². The Kier molecular flexibility index (Phi) is 3.07. The molecule has 0 unspecified atom stereocenters. The first-order valence-electron chi connectivity index (χ1n) is 4.11. The number of anilines is 1. The van der Waals surface area contributed by atoms with E-state index in [1.807, 2.05) is 0 Å². The van der Waals surface area contributed by atoms with Crippen molar-refractivity contribution in [3.05, 3.63) is 35.4 Å². The summed E-state index contributed by atoms with van der Waals surface area (Å²) in [6, 6.07) is 4.43. The van der Waals surface area contributed by atoms with Crippen LogP contribution in [0.2, 0.25) is 0 Å². The zero-order valence-corrected chi connectivity index (χ0v) is 7.81. The van der Waals surface area contributed by atoms with E-state index in [1.165, 1.54) is 18.2 Å². The van der Waals surface area contributed by atoms with Gasteiger partial charge in [-0.1, -0.05) is 6.07 Å². The third-order valence-corrected chi connectivity index (χ3v) is 1.75. The van der Waals surface area contributed by atoms with Crippen molar-refractivity contribution in [2.75, 3.05) is 5.73 Å². The molecule has 0 fully saturated rings. The van der Waals surface area contributed by atoms with Crippen LogP contribution in [0.5, 0.6) is 0 Å². The van der Waals surface area contributed by atoms with Crippen LogP contribution < -0.4 is 11.5 Å². The third-order valence-electron chi connectivity index (χ3n) is 1.75. The summed E-state index contributed by atoms with van der Waals surface area (Å²) in [5.74, 6) is -1.70. The number of hydrogen-bond acceptors (Lipinski definition) is 3. The van der Waals surface area contributed by atoms with Crippen molar-refractivity contribution in [1.29, 1.82) is 0 Å². The molecule has 15 heavy (non-hydrogen) atoms. The highest BCUT2D eigenvalue weighted by molar-refractivity contribution is 5.95. The minimum atomic E-state index is -1.11. The van der Waals surface area contributed by atoms with Crippen LogP contribution in [0.15, 0.2) is 24.3 Å². The second-order valence-electron chi connectivity index (χ2n) is 2.89. The topological polar surface area (TPSA) is 106 Å². The smallest absolute Gasteiger partial charge is 0.337 e. The van der Waals surface area contributed by atoms with Crippen LogP contribution in [0.25, 0.3) is 6.08 Å². The molecule has 1 aromatic rings. The highest BCUT2D eigenvalue weighted by atomic mass is 16.4. The minimum absolute atomic E-state index is 0.00150. The molecule has 0 bridgehead atoms. The van der Waals surface area contributed by atoms with E-state index in [2.05, 4.69) is 0 Å². The predicted octanol–water partition coefficient (Wildman–Crippen LogP) is 0.466. The molecule has 5 nitrogen and oxygen atoms in total. The van der Waals surface area contributed by atoms with Crippen molar-refractivity contribution in [2.24, 2.45) is 5.73 Å². The lowest BCUT2D eigenvalue weighted by molar-refractivity contribution is -0.113. The number of carbonyl (C=O) groups is 2. The van der Waals surface area contributed by atoms with E-state index in [0.29, 0.717) is 5.56 Å². The maximum absolute atomic E-state index is 10.7. The number of carboxylic acids is 1. The van der Waals surface area contributed by atoms with Crippen molar-refractivity contribution in [1.82, 2.24) is 0 Å². The van der Waals surface area contributed by atoms with E-state index >= 15 is 0 Å². The summed E-state index contributed by atoms with van der Waals surface area (Å²) in [5.41, 5.74) is 11.1. The van der Waals surface area contributed by atoms with Gasteiger partial charge < -0.3 is 16.6 Å². The maximum atomic E-state index is 10.7. The van der Waals surface area contributed by atoms with Crippen LogP contribution in [-0.4, -0.2) is 17.0 Å². The van der Waals surface area contributed by atoms with Gasteiger partial charge in [0, 0.05) is 11.8 Å². The molecule has 5 N–H and O–H groups in total. The van der Waals surface area contributed by atoms with Crippen molar-refractivity contribution >= 4 is 23.6 Å². The van der Waals surface area contributed by atoms with Gasteiger partial charge in [-0.05, 0) is 23.8 Å². The highest BCUT2D eigenvalue weighted by Gasteiger charge is 2.07. The Labute approximate surface area is 86.0 Å². The van der Waals surface area contributed by atoms with Gasteiger partial charge in [-0.15, -0.1) is 0 Å². The first-order chi connectivity index (χ1) is 7.00. The number of carboxylic acid groups (broad SMARTS) is 1. The minimum Gasteiger partial charge on any atom is -0.478 e. The van der Waals surface area contributed by atoms with Crippen LogP contribution >= 0.6 is 0 Å². The fourth-order valence-electron chi connectivity index (χ4n) is 1.04. The Bertz CT molecular complexity index is 438. The molecule has 1 aromatic carbocycles. The molecular weight excluding hydrogens is 196 g/mol. The van der Waals surface area contributed by atoms with Crippen molar-refractivity contribution in [3.8, 4) is 0 Å². The second-order valence-corrected chi connectivity index (χ2v) is 2.89. The molecule has 5 heteroatoms. The van der Waals surface area contributed by atoms with Crippen LogP contribution in [0.4, 0.5) is 5.69 Å². The maximum Gasteiger partial charge on any atom is 0.337 e. The van der Waals surface area contributed by atoms with Gasteiger partial charge in [0.25, 0.3) is 0 Å². The summed E-state index contributed by atoms with van der Waals surface area (Å²) < 4.78 is 0. The average molecular weight is 206 g/mol. The largest absolute Gasteiger partial charge is 0.478 e. The summed E-state index contributed by atoms with van der Waals surface area (Å²) in [5, 5.41) is 8.77. The summed E-state index contributed by atoms with van der Waals surface area (Å²) in [4.78, 5) is 21.2. The summed E-state index contributed by atoms with van der Waals surface area (Å²) in [6.45, 7) is 0. The average Bonchev–Trinajstić information content (AvgIpc) is 2.16. The molecule has 0 saturated carbocycles. The molecule has 0 aromatic heterocycles. The fraction of sp³-hybridized carbons (Fsp3) is 0. The molecule has 0 aliphatic carbocycles. The Morgan fingerprint density at radius 2 is 2.00 bits per heavy atom. The summed E-state index contributed by atoms with van der Waals surface area (Å²) in [7, 11) is 0. The van der Waals surface area contributed by atoms with Crippen LogP contribution in [0.1, 0.15) is 15.9 Å². The molecular formula is C10H10N2O3. The van der Waals surface area contributed by atoms with Gasteiger partial charge in [0.05, 0.1) is 5.56 Å². The number of amides is 1. The number of benzene rings is 1. The van der Waals surface area contributed by atoms with Gasteiger partial charge in [-0.25, -0.2) is 4.79 Å². The van der Waals surface area contributed by atoms with Crippen molar-refractivity contribution in [2.45, 2.75) is 0 Å². The lowest BCUT2D eigenvalue weighted by Crippen LogP contribution is -2.05. The zero-order chi connectivity index (χ0) is 11.4. The van der Waals surface area contributed by atoms with E-state index in [4.69, 9.17) is 16.6 Å². The normalized spacial score (nSPS) is 10.4. The van der Waals surface area contributed by atoms with E-state index < -0.39 is 11.9 Å². The molecule has 0 radical (unpaired) electrons. The SMILES string of the molecule is NC(=O)C=Cc1ccc(N)c(C(=O)O)c1. The predicted molar refractivity (Wildman–Crippen MR) is 56.0 cm³/mol. The standard InChI is InChI=1S/C10H10N2O3/c11-8-3-1-6(2-4-9(12)13)5-7(8)10(14)15/h1-5H,11H2,(H2,12,13)(H,14,15). The Hall–Kier alpha value is -2.30. The zero-order valence-electron chi connectivity index (χ0n) is 7.81. The van der Waals surface area contributed by atoms with Gasteiger partial charge in [0.2, 0.25) is 5.91 Å². The molecule has 78 valence electrons. The van der Waals surface area contributed by atoms with Gasteiger partial charge >= 0.3 is 5.97 Å². The number of hydrogen-bond donors (Lipinski definition) is 3. The van der Waals surface area contributed by atoms with E-state index in [1.54, 1.807) is 6.07 Å². The van der Waals surface area contributed by atoms with E-state index in [0.717, 1.165) is 6.08 Å². The highest BCUT2D eigenvalue weighted by Crippen LogP contribution is 2.15. The molecule has 1 rings (SSSR count). The second kappa shape index (κ2) is 4.28. The Balaban J connectivity index is 3.08. The Morgan fingerprint density at radius 3 is 2.53 bits per heavy atom. The number of nitrogens with two attached hydrogens (primary N) is 2. The first kappa shape index (κ1) is 10.8. The monoisotopic (exact) mass is 206 g/mol. The molecule has 0 spiro atoms. The van der Waals surface area contributed by atoms with E-state index in [9.17, 15) is 9.59 Å².